The van der Waals surface area contributed by atoms with Crippen LogP contribution in [0, 0.1) is 5.92 Å². The molecule has 0 unspecified atom stereocenters. The highest BCUT2D eigenvalue weighted by atomic mass is 32.1. The number of anilines is 1. The Morgan fingerprint density at radius 2 is 1.96 bits per heavy atom. The SMILES string of the molecule is CCC(CC)c1nnc(NC(=O)CN2C(=O)NC3(CCC(C)CC3)C2=O)s1. The minimum absolute atomic E-state index is 0.287. The first kappa shape index (κ1) is 19.7. The predicted octanol–water partition coefficient (Wildman–Crippen LogP) is 2.88. The van der Waals surface area contributed by atoms with Crippen LogP contribution in [-0.4, -0.2) is 45.0 Å². The maximum Gasteiger partial charge on any atom is 0.325 e. The highest BCUT2D eigenvalue weighted by Crippen LogP contribution is 2.36. The van der Waals surface area contributed by atoms with Crippen LogP contribution in [0.1, 0.15) is 70.2 Å². The number of hydrogen-bond acceptors (Lipinski definition) is 6. The van der Waals surface area contributed by atoms with E-state index in [0.29, 0.717) is 29.8 Å². The Morgan fingerprint density at radius 1 is 1.30 bits per heavy atom. The molecule has 9 heteroatoms. The molecule has 2 N–H and O–H groups in total. The molecule has 148 valence electrons. The third-order valence-corrected chi connectivity index (χ3v) is 6.70. The Labute approximate surface area is 163 Å². The van der Waals surface area contributed by atoms with Crippen molar-refractivity contribution in [2.75, 3.05) is 11.9 Å². The Morgan fingerprint density at radius 3 is 2.59 bits per heavy atom. The first-order valence-electron chi connectivity index (χ1n) is 9.66. The van der Waals surface area contributed by atoms with Gasteiger partial charge in [-0.2, -0.15) is 0 Å². The lowest BCUT2D eigenvalue weighted by Crippen LogP contribution is -2.49. The second kappa shape index (κ2) is 7.92. The standard InChI is InChI=1S/C18H27N5O3S/c1-4-12(5-2)14-21-22-16(27-14)19-13(24)10-23-15(25)18(20-17(23)26)8-6-11(3)7-9-18/h11-12H,4-10H2,1-3H3,(H,20,26)(H,19,22,24). The van der Waals surface area contributed by atoms with E-state index in [4.69, 9.17) is 0 Å². The highest BCUT2D eigenvalue weighted by molar-refractivity contribution is 7.15. The quantitative estimate of drug-likeness (QED) is 0.723. The van der Waals surface area contributed by atoms with E-state index in [9.17, 15) is 14.4 Å². The fourth-order valence-electron chi connectivity index (χ4n) is 3.80. The van der Waals surface area contributed by atoms with Gasteiger partial charge in [-0.05, 0) is 44.4 Å². The van der Waals surface area contributed by atoms with E-state index in [0.717, 1.165) is 35.6 Å². The Balaban J connectivity index is 1.61. The van der Waals surface area contributed by atoms with Gasteiger partial charge < -0.3 is 5.32 Å². The summed E-state index contributed by atoms with van der Waals surface area (Å²) in [6.45, 7) is 6.03. The molecular formula is C18H27N5O3S. The van der Waals surface area contributed by atoms with Crippen molar-refractivity contribution in [2.45, 2.75) is 70.8 Å². The number of carbonyl (C=O) groups excluding carboxylic acids is 3. The number of urea groups is 1. The third kappa shape index (κ3) is 3.97. The molecule has 1 aromatic rings. The van der Waals surface area contributed by atoms with Gasteiger partial charge in [-0.25, -0.2) is 4.79 Å². The molecule has 2 aliphatic rings. The minimum atomic E-state index is -0.824. The number of nitrogens with one attached hydrogen (secondary N) is 2. The Bertz CT molecular complexity index is 722. The lowest BCUT2D eigenvalue weighted by molar-refractivity contribution is -0.135. The zero-order valence-corrected chi connectivity index (χ0v) is 16.9. The summed E-state index contributed by atoms with van der Waals surface area (Å²) in [7, 11) is 0. The van der Waals surface area contributed by atoms with Gasteiger partial charge in [-0.3, -0.25) is 19.8 Å². The van der Waals surface area contributed by atoms with Gasteiger partial charge in [0.2, 0.25) is 11.0 Å². The number of hydrogen-bond donors (Lipinski definition) is 2. The molecule has 2 fully saturated rings. The van der Waals surface area contributed by atoms with Crippen LogP contribution in [0.5, 0.6) is 0 Å². The first-order chi connectivity index (χ1) is 12.9. The van der Waals surface area contributed by atoms with Crippen LogP contribution in [0.2, 0.25) is 0 Å². The second-order valence-electron chi connectivity index (χ2n) is 7.59. The summed E-state index contributed by atoms with van der Waals surface area (Å²) < 4.78 is 0. The lowest BCUT2D eigenvalue weighted by atomic mass is 9.77. The van der Waals surface area contributed by atoms with E-state index in [1.165, 1.54) is 11.3 Å². The van der Waals surface area contributed by atoms with Crippen LogP contribution in [0.3, 0.4) is 0 Å². The average Bonchev–Trinajstić information content (AvgIpc) is 3.18. The van der Waals surface area contributed by atoms with Gasteiger partial charge in [0, 0.05) is 5.92 Å². The molecular weight excluding hydrogens is 366 g/mol. The monoisotopic (exact) mass is 393 g/mol. The van der Waals surface area contributed by atoms with Gasteiger partial charge in [-0.15, -0.1) is 10.2 Å². The number of amides is 4. The molecule has 1 aromatic heterocycles. The summed E-state index contributed by atoms with van der Waals surface area (Å²) in [5, 5.41) is 14.9. The molecule has 1 aliphatic heterocycles. The van der Waals surface area contributed by atoms with Crippen molar-refractivity contribution < 1.29 is 14.4 Å². The smallest absolute Gasteiger partial charge is 0.323 e. The number of rotatable bonds is 6. The van der Waals surface area contributed by atoms with Crippen molar-refractivity contribution in [1.29, 1.82) is 0 Å². The van der Waals surface area contributed by atoms with Crippen molar-refractivity contribution in [3.05, 3.63) is 5.01 Å². The van der Waals surface area contributed by atoms with E-state index in [1.54, 1.807) is 0 Å². The van der Waals surface area contributed by atoms with Crippen molar-refractivity contribution >= 4 is 34.3 Å². The number of aromatic nitrogens is 2. The third-order valence-electron chi connectivity index (χ3n) is 5.70. The Hall–Kier alpha value is -2.03. The van der Waals surface area contributed by atoms with E-state index >= 15 is 0 Å². The summed E-state index contributed by atoms with van der Waals surface area (Å²) in [6.07, 6.45) is 4.98. The lowest BCUT2D eigenvalue weighted by Gasteiger charge is -2.33. The second-order valence-corrected chi connectivity index (χ2v) is 8.60. The van der Waals surface area contributed by atoms with E-state index in [1.807, 2.05) is 0 Å². The van der Waals surface area contributed by atoms with Gasteiger partial charge in [-0.1, -0.05) is 32.1 Å². The van der Waals surface area contributed by atoms with Gasteiger partial charge >= 0.3 is 6.03 Å². The summed E-state index contributed by atoms with van der Waals surface area (Å²) in [4.78, 5) is 38.5. The molecule has 0 bridgehead atoms. The van der Waals surface area contributed by atoms with E-state index in [2.05, 4.69) is 41.6 Å². The molecule has 1 saturated carbocycles. The highest BCUT2D eigenvalue weighted by Gasteiger charge is 2.52. The van der Waals surface area contributed by atoms with E-state index < -0.39 is 17.5 Å². The molecule has 3 rings (SSSR count). The average molecular weight is 394 g/mol. The summed E-state index contributed by atoms with van der Waals surface area (Å²) >= 11 is 1.34. The minimum Gasteiger partial charge on any atom is -0.323 e. The molecule has 1 saturated heterocycles. The molecule has 0 radical (unpaired) electrons. The van der Waals surface area contributed by atoms with Crippen LogP contribution in [-0.2, 0) is 9.59 Å². The van der Waals surface area contributed by atoms with Crippen molar-refractivity contribution in [3.63, 3.8) is 0 Å². The van der Waals surface area contributed by atoms with Crippen LogP contribution < -0.4 is 10.6 Å². The molecule has 8 nitrogen and oxygen atoms in total. The molecule has 27 heavy (non-hydrogen) atoms. The fourth-order valence-corrected chi connectivity index (χ4v) is 4.83. The summed E-state index contributed by atoms with van der Waals surface area (Å²) in [5.41, 5.74) is -0.824. The first-order valence-corrected chi connectivity index (χ1v) is 10.5. The van der Waals surface area contributed by atoms with Gasteiger partial charge in [0.15, 0.2) is 0 Å². The van der Waals surface area contributed by atoms with Gasteiger partial charge in [0.25, 0.3) is 5.91 Å². The largest absolute Gasteiger partial charge is 0.325 e. The zero-order valence-electron chi connectivity index (χ0n) is 16.1. The van der Waals surface area contributed by atoms with Gasteiger partial charge in [0.05, 0.1) is 0 Å². The molecule has 4 amide bonds. The maximum atomic E-state index is 12.8. The number of carbonyl (C=O) groups is 3. The van der Waals surface area contributed by atoms with Crippen LogP contribution in [0.25, 0.3) is 0 Å². The summed E-state index contributed by atoms with van der Waals surface area (Å²) in [5.74, 6) is 0.156. The normalized spacial score (nSPS) is 25.3. The fraction of sp³-hybridized carbons (Fsp3) is 0.722. The van der Waals surface area contributed by atoms with Crippen LogP contribution in [0.4, 0.5) is 9.93 Å². The van der Waals surface area contributed by atoms with Crippen molar-refractivity contribution in [2.24, 2.45) is 5.92 Å². The number of nitrogens with zero attached hydrogens (tertiary/aromatic N) is 3. The van der Waals surface area contributed by atoms with Crippen molar-refractivity contribution in [3.8, 4) is 0 Å². The topological polar surface area (TPSA) is 104 Å². The number of imide groups is 1. The Kier molecular flexibility index (Phi) is 5.78. The van der Waals surface area contributed by atoms with Crippen molar-refractivity contribution in [1.82, 2.24) is 20.4 Å². The predicted molar refractivity (Wildman–Crippen MR) is 102 cm³/mol. The molecule has 1 aliphatic carbocycles. The molecule has 0 aromatic carbocycles. The van der Waals surface area contributed by atoms with Crippen LogP contribution in [0.15, 0.2) is 0 Å². The molecule has 1 spiro atoms. The van der Waals surface area contributed by atoms with Crippen LogP contribution >= 0.6 is 11.3 Å². The molecule has 2 heterocycles. The maximum absolute atomic E-state index is 12.8. The van der Waals surface area contributed by atoms with Gasteiger partial charge in [0.1, 0.15) is 17.1 Å². The zero-order chi connectivity index (χ0) is 19.6. The molecule has 0 atom stereocenters. The summed E-state index contributed by atoms with van der Waals surface area (Å²) in [6, 6.07) is -0.486. The van der Waals surface area contributed by atoms with E-state index in [-0.39, 0.29) is 12.5 Å².